The molecule has 2 aromatic carbocycles. The highest BCUT2D eigenvalue weighted by Crippen LogP contribution is 2.31. The molecule has 2 N–H and O–H groups in total. The standard InChI is InChI=1S/C21H22ClN3O7S2/c22-14-3-7-18(8-4-14)34(30,31)24(13-16-2-1-11-32-16)19-12-20(26)25(21(19)27)15-5-9-17(10-6-15)33(23,28)29/h3-10,16,19H,1-2,11-13H2,(H2,23,28,29). The van der Waals surface area contributed by atoms with Gasteiger partial charge in [-0.1, -0.05) is 11.6 Å². The van der Waals surface area contributed by atoms with E-state index in [0.717, 1.165) is 15.6 Å². The minimum absolute atomic E-state index is 0.0638. The molecule has 0 aliphatic carbocycles. The summed E-state index contributed by atoms with van der Waals surface area (Å²) in [5.41, 5.74) is 0.117. The summed E-state index contributed by atoms with van der Waals surface area (Å²) < 4.78 is 56.7. The van der Waals surface area contributed by atoms with Crippen LogP contribution in [0, 0.1) is 0 Å². The number of ether oxygens (including phenoxy) is 1. The van der Waals surface area contributed by atoms with Gasteiger partial charge in [0, 0.05) is 18.2 Å². The summed E-state index contributed by atoms with van der Waals surface area (Å²) >= 11 is 5.90. The smallest absolute Gasteiger partial charge is 0.252 e. The summed E-state index contributed by atoms with van der Waals surface area (Å²) in [7, 11) is -8.14. The number of hydrogen-bond donors (Lipinski definition) is 1. The second kappa shape index (κ2) is 9.36. The first-order chi connectivity index (χ1) is 16.0. The number of benzene rings is 2. The number of primary sulfonamides is 1. The summed E-state index contributed by atoms with van der Waals surface area (Å²) in [6, 6.07) is 9.15. The predicted octanol–water partition coefficient (Wildman–Crippen LogP) is 1.49. The summed E-state index contributed by atoms with van der Waals surface area (Å²) in [6.45, 7) is 0.395. The van der Waals surface area contributed by atoms with E-state index in [1.54, 1.807) is 0 Å². The zero-order chi connectivity index (χ0) is 24.7. The van der Waals surface area contributed by atoms with Gasteiger partial charge in [-0.3, -0.25) is 9.59 Å². The number of imide groups is 1. The molecule has 0 aromatic heterocycles. The van der Waals surface area contributed by atoms with E-state index >= 15 is 0 Å². The molecule has 2 fully saturated rings. The number of anilines is 1. The zero-order valence-electron chi connectivity index (χ0n) is 17.8. The van der Waals surface area contributed by atoms with E-state index in [0.29, 0.717) is 18.1 Å². The largest absolute Gasteiger partial charge is 0.377 e. The van der Waals surface area contributed by atoms with Crippen LogP contribution < -0.4 is 10.0 Å². The van der Waals surface area contributed by atoms with Gasteiger partial charge in [-0.2, -0.15) is 4.31 Å². The lowest BCUT2D eigenvalue weighted by Gasteiger charge is -2.29. The maximum absolute atomic E-state index is 13.5. The third-order valence-corrected chi connectivity index (χ3v) is 8.79. The quantitative estimate of drug-likeness (QED) is 0.537. The lowest BCUT2D eigenvalue weighted by molar-refractivity contribution is -0.122. The predicted molar refractivity (Wildman–Crippen MR) is 123 cm³/mol. The maximum Gasteiger partial charge on any atom is 0.252 e. The van der Waals surface area contributed by atoms with Crippen LogP contribution in [0.3, 0.4) is 0 Å². The number of carbonyl (C=O) groups is 2. The number of carbonyl (C=O) groups excluding carboxylic acids is 2. The number of hydrogen-bond acceptors (Lipinski definition) is 7. The van der Waals surface area contributed by atoms with E-state index in [1.165, 1.54) is 48.5 Å². The van der Waals surface area contributed by atoms with Crippen LogP contribution >= 0.6 is 11.6 Å². The van der Waals surface area contributed by atoms with Gasteiger partial charge in [0.15, 0.2) is 0 Å². The monoisotopic (exact) mass is 527 g/mol. The fraction of sp³-hybridized carbons (Fsp3) is 0.333. The lowest BCUT2D eigenvalue weighted by atomic mass is 10.2. The first-order valence-corrected chi connectivity index (χ1v) is 13.7. The van der Waals surface area contributed by atoms with Gasteiger partial charge in [0.05, 0.1) is 28.0 Å². The molecule has 2 aliphatic rings. The van der Waals surface area contributed by atoms with Crippen LogP contribution in [0.15, 0.2) is 58.3 Å². The SMILES string of the molecule is NS(=O)(=O)c1ccc(N2C(=O)CC(N(CC3CCCO3)S(=O)(=O)c3ccc(Cl)cc3)C2=O)cc1. The normalized spacial score (nSPS) is 21.6. The number of sulfonamides is 2. The van der Waals surface area contributed by atoms with Gasteiger partial charge in [-0.25, -0.2) is 26.9 Å². The van der Waals surface area contributed by atoms with E-state index in [9.17, 15) is 26.4 Å². The number of nitrogens with zero attached hydrogens (tertiary/aromatic N) is 2. The van der Waals surface area contributed by atoms with Gasteiger partial charge < -0.3 is 4.74 Å². The van der Waals surface area contributed by atoms with Crippen molar-refractivity contribution in [3.05, 3.63) is 53.6 Å². The molecule has 0 bridgehead atoms. The average Bonchev–Trinajstić information content (AvgIpc) is 3.39. The van der Waals surface area contributed by atoms with E-state index in [2.05, 4.69) is 0 Å². The molecule has 4 rings (SSSR count). The zero-order valence-corrected chi connectivity index (χ0v) is 20.2. The van der Waals surface area contributed by atoms with Gasteiger partial charge in [-0.05, 0) is 61.4 Å². The van der Waals surface area contributed by atoms with Crippen molar-refractivity contribution in [3.8, 4) is 0 Å². The highest BCUT2D eigenvalue weighted by Gasteiger charge is 2.47. The summed E-state index contributed by atoms with van der Waals surface area (Å²) in [4.78, 5) is 26.8. The van der Waals surface area contributed by atoms with Crippen LogP contribution in [-0.2, 0) is 34.4 Å². The van der Waals surface area contributed by atoms with Crippen molar-refractivity contribution < 1.29 is 31.2 Å². The Labute approximate surface area is 202 Å². The molecule has 2 saturated heterocycles. The third-order valence-electron chi connectivity index (χ3n) is 5.72. The molecule has 0 spiro atoms. The van der Waals surface area contributed by atoms with Crippen molar-refractivity contribution in [1.29, 1.82) is 0 Å². The number of nitrogens with two attached hydrogens (primary N) is 1. The molecule has 34 heavy (non-hydrogen) atoms. The molecule has 2 aliphatic heterocycles. The average molecular weight is 528 g/mol. The Balaban J connectivity index is 1.68. The Morgan fingerprint density at radius 3 is 2.18 bits per heavy atom. The van der Waals surface area contributed by atoms with E-state index in [-0.39, 0.29) is 28.4 Å². The number of rotatable bonds is 7. The van der Waals surface area contributed by atoms with Gasteiger partial charge >= 0.3 is 0 Å². The summed E-state index contributed by atoms with van der Waals surface area (Å²) in [5.74, 6) is -1.34. The van der Waals surface area contributed by atoms with Crippen LogP contribution in [-0.4, -0.2) is 58.3 Å². The van der Waals surface area contributed by atoms with Crippen molar-refractivity contribution in [2.75, 3.05) is 18.1 Å². The van der Waals surface area contributed by atoms with Gasteiger partial charge in [0.2, 0.25) is 26.0 Å². The molecule has 2 amide bonds. The Morgan fingerprint density at radius 2 is 1.62 bits per heavy atom. The lowest BCUT2D eigenvalue weighted by Crippen LogP contribution is -2.48. The van der Waals surface area contributed by atoms with E-state index in [4.69, 9.17) is 21.5 Å². The Kier molecular flexibility index (Phi) is 6.82. The molecular formula is C21H22ClN3O7S2. The molecule has 2 unspecified atom stereocenters. The van der Waals surface area contributed by atoms with Crippen LogP contribution in [0.5, 0.6) is 0 Å². The van der Waals surface area contributed by atoms with Crippen molar-refractivity contribution >= 4 is 49.1 Å². The summed E-state index contributed by atoms with van der Waals surface area (Å²) in [6.07, 6.45) is 0.614. The molecular weight excluding hydrogens is 506 g/mol. The van der Waals surface area contributed by atoms with Crippen molar-refractivity contribution in [3.63, 3.8) is 0 Å². The molecule has 2 heterocycles. The van der Waals surface area contributed by atoms with Crippen molar-refractivity contribution in [2.45, 2.75) is 41.2 Å². The first kappa shape index (κ1) is 24.8. The van der Waals surface area contributed by atoms with Gasteiger partial charge in [0.1, 0.15) is 6.04 Å². The Bertz CT molecular complexity index is 1310. The molecule has 2 atom stereocenters. The van der Waals surface area contributed by atoms with Crippen LogP contribution in [0.2, 0.25) is 5.02 Å². The third kappa shape index (κ3) is 4.88. The molecule has 13 heteroatoms. The topological polar surface area (TPSA) is 144 Å². The first-order valence-electron chi connectivity index (χ1n) is 10.4. The van der Waals surface area contributed by atoms with Crippen LogP contribution in [0.4, 0.5) is 5.69 Å². The minimum Gasteiger partial charge on any atom is -0.377 e. The highest BCUT2D eigenvalue weighted by atomic mass is 35.5. The van der Waals surface area contributed by atoms with Crippen LogP contribution in [0.1, 0.15) is 19.3 Å². The Hall–Kier alpha value is -2.35. The second-order valence-corrected chi connectivity index (χ2v) is 11.9. The second-order valence-electron chi connectivity index (χ2n) is 7.99. The Morgan fingerprint density at radius 1 is 1.00 bits per heavy atom. The van der Waals surface area contributed by atoms with E-state index in [1.807, 2.05) is 0 Å². The fourth-order valence-corrected chi connectivity index (χ4v) is 6.28. The van der Waals surface area contributed by atoms with Crippen molar-refractivity contribution in [1.82, 2.24) is 4.31 Å². The maximum atomic E-state index is 13.5. The van der Waals surface area contributed by atoms with Crippen LogP contribution in [0.25, 0.3) is 0 Å². The highest BCUT2D eigenvalue weighted by molar-refractivity contribution is 7.89. The number of halogens is 1. The minimum atomic E-state index is -4.18. The molecule has 10 nitrogen and oxygen atoms in total. The molecule has 0 saturated carbocycles. The molecule has 2 aromatic rings. The molecule has 182 valence electrons. The fourth-order valence-electron chi connectivity index (χ4n) is 4.02. The molecule has 0 radical (unpaired) electrons. The van der Waals surface area contributed by atoms with Gasteiger partial charge in [-0.15, -0.1) is 0 Å². The van der Waals surface area contributed by atoms with E-state index < -0.39 is 44.0 Å². The van der Waals surface area contributed by atoms with Crippen molar-refractivity contribution in [2.24, 2.45) is 5.14 Å². The number of amides is 2. The summed E-state index contributed by atoms with van der Waals surface area (Å²) in [5, 5.41) is 5.45. The van der Waals surface area contributed by atoms with Gasteiger partial charge in [0.25, 0.3) is 5.91 Å².